The maximum atomic E-state index is 11.8. The lowest BCUT2D eigenvalue weighted by atomic mass is 10.2. The van der Waals surface area contributed by atoms with Gasteiger partial charge in [-0.15, -0.1) is 0 Å². The Morgan fingerprint density at radius 2 is 2.10 bits per heavy atom. The summed E-state index contributed by atoms with van der Waals surface area (Å²) in [6.07, 6.45) is 0. The van der Waals surface area contributed by atoms with Crippen molar-refractivity contribution in [1.29, 1.82) is 0 Å². The number of ether oxygens (including phenoxy) is 1. The first-order valence-electron chi connectivity index (χ1n) is 6.06. The van der Waals surface area contributed by atoms with Crippen molar-refractivity contribution in [2.24, 2.45) is 0 Å². The fourth-order valence-corrected chi connectivity index (χ4v) is 2.46. The molecule has 1 aromatic carbocycles. The molecule has 0 aliphatic carbocycles. The van der Waals surface area contributed by atoms with E-state index in [1.165, 1.54) is 21.0 Å². The summed E-state index contributed by atoms with van der Waals surface area (Å²) in [7, 11) is -0.704. The molecule has 1 N–H and O–H groups in total. The molecule has 0 saturated carbocycles. The van der Waals surface area contributed by atoms with Crippen molar-refractivity contribution in [2.45, 2.75) is 6.92 Å². The Kier molecular flexibility index (Phi) is 3.87. The molecule has 110 valence electrons. The zero-order valence-electron chi connectivity index (χ0n) is 11.6. The first-order valence-corrected chi connectivity index (χ1v) is 7.50. The molecule has 1 aromatic rings. The van der Waals surface area contributed by atoms with Crippen molar-refractivity contribution in [3.8, 4) is 5.75 Å². The van der Waals surface area contributed by atoms with Gasteiger partial charge in [-0.1, -0.05) is 0 Å². The number of nitrogens with one attached hydrogen (secondary N) is 1. The minimum atomic E-state index is -3.58. The minimum Gasteiger partial charge on any atom is -0.490 e. The van der Waals surface area contributed by atoms with Gasteiger partial charge in [0.05, 0.1) is 17.9 Å². The molecule has 20 heavy (non-hydrogen) atoms. The van der Waals surface area contributed by atoms with Crippen LogP contribution < -0.4 is 14.4 Å². The van der Waals surface area contributed by atoms with Crippen LogP contribution in [0.1, 0.15) is 6.92 Å². The fourth-order valence-electron chi connectivity index (χ4n) is 1.85. The maximum Gasteiger partial charge on any atom is 0.301 e. The lowest BCUT2D eigenvalue weighted by molar-refractivity contribution is -0.116. The summed E-state index contributed by atoms with van der Waals surface area (Å²) in [6.45, 7) is 2.34. The molecule has 0 saturated heterocycles. The number of anilines is 2. The highest BCUT2D eigenvalue weighted by atomic mass is 32.2. The van der Waals surface area contributed by atoms with E-state index < -0.39 is 10.2 Å². The molecule has 0 spiro atoms. The largest absolute Gasteiger partial charge is 0.490 e. The first kappa shape index (κ1) is 14.6. The average molecular weight is 299 g/mol. The molecule has 0 fully saturated rings. The zero-order chi connectivity index (χ0) is 14.9. The summed E-state index contributed by atoms with van der Waals surface area (Å²) >= 11 is 0. The summed E-state index contributed by atoms with van der Waals surface area (Å²) < 4.78 is 32.5. The normalized spacial score (nSPS) is 14.7. The summed E-state index contributed by atoms with van der Waals surface area (Å²) in [6, 6.07) is 4.85. The summed E-state index contributed by atoms with van der Waals surface area (Å²) in [5.74, 6) is 0.460. The molecule has 0 aromatic heterocycles. The highest BCUT2D eigenvalue weighted by molar-refractivity contribution is 7.90. The number of benzene rings is 1. The maximum absolute atomic E-state index is 11.8. The Balaban J connectivity index is 2.35. The summed E-state index contributed by atoms with van der Waals surface area (Å²) in [4.78, 5) is 13.2. The van der Waals surface area contributed by atoms with Crippen LogP contribution in [0.2, 0.25) is 0 Å². The number of amides is 1. The van der Waals surface area contributed by atoms with E-state index in [0.717, 1.165) is 4.31 Å². The summed E-state index contributed by atoms with van der Waals surface area (Å²) in [5.41, 5.74) is 0.955. The Hall–Kier alpha value is -1.80. The Bertz CT molecular complexity index is 628. The topological polar surface area (TPSA) is 79.0 Å². The van der Waals surface area contributed by atoms with E-state index in [9.17, 15) is 13.2 Å². The van der Waals surface area contributed by atoms with E-state index in [1.807, 2.05) is 0 Å². The number of hydrogen-bond acceptors (Lipinski definition) is 4. The van der Waals surface area contributed by atoms with Crippen LogP contribution in [0.4, 0.5) is 11.4 Å². The lowest BCUT2D eigenvalue weighted by Gasteiger charge is -2.29. The molecule has 1 heterocycles. The van der Waals surface area contributed by atoms with Crippen molar-refractivity contribution < 1.29 is 17.9 Å². The van der Waals surface area contributed by atoms with Crippen molar-refractivity contribution in [1.82, 2.24) is 4.31 Å². The quantitative estimate of drug-likeness (QED) is 0.889. The second-order valence-corrected chi connectivity index (χ2v) is 6.48. The van der Waals surface area contributed by atoms with E-state index in [0.29, 0.717) is 30.3 Å². The molecule has 1 aliphatic heterocycles. The molecule has 2 rings (SSSR count). The van der Waals surface area contributed by atoms with Crippen LogP contribution in [0.3, 0.4) is 0 Å². The Morgan fingerprint density at radius 3 is 2.70 bits per heavy atom. The van der Waals surface area contributed by atoms with Gasteiger partial charge >= 0.3 is 10.2 Å². The van der Waals surface area contributed by atoms with E-state index >= 15 is 0 Å². The molecule has 1 aliphatic rings. The number of hydrogen-bond donors (Lipinski definition) is 1. The van der Waals surface area contributed by atoms with Gasteiger partial charge in [0.15, 0.2) is 0 Å². The predicted octanol–water partition coefficient (Wildman–Crippen LogP) is 0.650. The van der Waals surface area contributed by atoms with Crippen LogP contribution in [0.15, 0.2) is 18.2 Å². The van der Waals surface area contributed by atoms with Gasteiger partial charge in [0.25, 0.3) is 0 Å². The Morgan fingerprint density at radius 1 is 1.40 bits per heavy atom. The van der Waals surface area contributed by atoms with Gasteiger partial charge in [-0.2, -0.15) is 12.7 Å². The van der Waals surface area contributed by atoms with Gasteiger partial charge in [-0.3, -0.25) is 9.52 Å². The number of rotatable bonds is 3. The molecule has 7 nitrogen and oxygen atoms in total. The van der Waals surface area contributed by atoms with Crippen molar-refractivity contribution in [3.63, 3.8) is 0 Å². The van der Waals surface area contributed by atoms with Crippen LogP contribution in [0, 0.1) is 0 Å². The monoisotopic (exact) mass is 299 g/mol. The van der Waals surface area contributed by atoms with Gasteiger partial charge in [0.1, 0.15) is 12.4 Å². The highest BCUT2D eigenvalue weighted by Crippen LogP contribution is 2.34. The van der Waals surface area contributed by atoms with Crippen LogP contribution in [0.25, 0.3) is 0 Å². The molecule has 0 bridgehead atoms. The SMILES string of the molecule is CC(=O)N1CCOc2ccc(NS(=O)(=O)N(C)C)cc21. The van der Waals surface area contributed by atoms with E-state index in [1.54, 1.807) is 23.1 Å². The van der Waals surface area contributed by atoms with Crippen LogP contribution in [-0.4, -0.2) is 45.9 Å². The standard InChI is InChI=1S/C12H17N3O4S/c1-9(16)15-6-7-19-12-5-4-10(8-11(12)15)13-20(17,18)14(2)3/h4-5,8,13H,6-7H2,1-3H3. The van der Waals surface area contributed by atoms with Crippen LogP contribution in [-0.2, 0) is 15.0 Å². The number of nitrogens with zero attached hydrogens (tertiary/aromatic N) is 2. The molecule has 1 amide bonds. The van der Waals surface area contributed by atoms with Crippen molar-refractivity contribution in [3.05, 3.63) is 18.2 Å². The smallest absolute Gasteiger partial charge is 0.301 e. The highest BCUT2D eigenvalue weighted by Gasteiger charge is 2.22. The molecule has 8 heteroatoms. The third-order valence-electron chi connectivity index (χ3n) is 2.93. The van der Waals surface area contributed by atoms with Gasteiger partial charge in [0.2, 0.25) is 5.91 Å². The Labute approximate surface area is 118 Å². The van der Waals surface area contributed by atoms with Gasteiger partial charge < -0.3 is 9.64 Å². The lowest BCUT2D eigenvalue weighted by Crippen LogP contribution is -2.36. The predicted molar refractivity (Wildman–Crippen MR) is 76.2 cm³/mol. The molecular weight excluding hydrogens is 282 g/mol. The average Bonchev–Trinajstić information content (AvgIpc) is 2.37. The molecule has 0 radical (unpaired) electrons. The number of carbonyl (C=O) groups is 1. The van der Waals surface area contributed by atoms with Crippen molar-refractivity contribution in [2.75, 3.05) is 36.9 Å². The molecule has 0 atom stereocenters. The van der Waals surface area contributed by atoms with Gasteiger partial charge in [-0.05, 0) is 18.2 Å². The minimum absolute atomic E-state index is 0.109. The number of carbonyl (C=O) groups excluding carboxylic acids is 1. The van der Waals surface area contributed by atoms with Crippen LogP contribution >= 0.6 is 0 Å². The fraction of sp³-hybridized carbons (Fsp3) is 0.417. The number of fused-ring (bicyclic) bond motifs is 1. The van der Waals surface area contributed by atoms with E-state index in [4.69, 9.17) is 4.74 Å². The third-order valence-corrected chi connectivity index (χ3v) is 4.38. The van der Waals surface area contributed by atoms with E-state index in [-0.39, 0.29) is 5.91 Å². The molecular formula is C12H17N3O4S. The second-order valence-electron chi connectivity index (χ2n) is 4.59. The van der Waals surface area contributed by atoms with E-state index in [2.05, 4.69) is 4.72 Å². The first-order chi connectivity index (χ1) is 9.31. The second kappa shape index (κ2) is 5.29. The summed E-state index contributed by atoms with van der Waals surface area (Å²) in [5, 5.41) is 0. The zero-order valence-corrected chi connectivity index (χ0v) is 12.4. The van der Waals surface area contributed by atoms with Gasteiger partial charge in [-0.25, -0.2) is 0 Å². The van der Waals surface area contributed by atoms with Crippen molar-refractivity contribution >= 4 is 27.5 Å². The molecule has 0 unspecified atom stereocenters. The third kappa shape index (κ3) is 2.86. The van der Waals surface area contributed by atoms with Gasteiger partial charge in [0, 0.05) is 21.0 Å². The van der Waals surface area contributed by atoms with Crippen LogP contribution in [0.5, 0.6) is 5.75 Å².